The number of rotatable bonds is 9. The van der Waals surface area contributed by atoms with E-state index in [-0.39, 0.29) is 6.54 Å². The minimum Gasteiger partial charge on any atom is -0.497 e. The number of hydrogen-bond donors (Lipinski definition) is 1. The van der Waals surface area contributed by atoms with E-state index in [1.165, 1.54) is 4.90 Å². The summed E-state index contributed by atoms with van der Waals surface area (Å²) in [5.41, 5.74) is 2.29. The first-order valence-electron chi connectivity index (χ1n) is 12.7. The number of amides is 1. The number of methoxy groups -OCH3 is 1. The van der Waals surface area contributed by atoms with Gasteiger partial charge in [-0.1, -0.05) is 42.5 Å². The average molecular weight is 517 g/mol. The predicted octanol–water partition coefficient (Wildman–Crippen LogP) is 6.05. The second-order valence-electron chi connectivity index (χ2n) is 10.4. The van der Waals surface area contributed by atoms with Gasteiger partial charge in [0.05, 0.1) is 25.8 Å². The van der Waals surface area contributed by atoms with Crippen molar-refractivity contribution in [3.05, 3.63) is 96.2 Å². The molecule has 0 saturated heterocycles. The van der Waals surface area contributed by atoms with E-state index in [0.29, 0.717) is 6.61 Å². The predicted molar refractivity (Wildman–Crippen MR) is 149 cm³/mol. The van der Waals surface area contributed by atoms with Gasteiger partial charge in [0.25, 0.3) is 0 Å². The third-order valence-electron chi connectivity index (χ3n) is 6.20. The molecule has 4 rings (SSSR count). The Bertz CT molecular complexity index is 1360. The Labute approximate surface area is 224 Å². The van der Waals surface area contributed by atoms with Crippen LogP contribution < -0.4 is 9.47 Å². The molecule has 1 amide bonds. The van der Waals surface area contributed by atoms with Crippen LogP contribution in [-0.4, -0.2) is 53.1 Å². The zero-order chi connectivity index (χ0) is 27.3. The number of benzene rings is 3. The molecule has 0 bridgehead atoms. The number of aliphatic hydroxyl groups excluding tert-OH is 1. The lowest BCUT2D eigenvalue weighted by Gasteiger charge is -2.30. The molecule has 2 atom stereocenters. The average Bonchev–Trinajstić information content (AvgIpc) is 3.30. The summed E-state index contributed by atoms with van der Waals surface area (Å²) in [6.07, 6.45) is 0.610. The van der Waals surface area contributed by atoms with Crippen molar-refractivity contribution >= 4 is 17.0 Å². The fourth-order valence-electron chi connectivity index (χ4n) is 4.42. The van der Waals surface area contributed by atoms with Crippen LogP contribution in [0.2, 0.25) is 0 Å². The van der Waals surface area contributed by atoms with E-state index in [9.17, 15) is 9.90 Å². The largest absolute Gasteiger partial charge is 0.497 e. The Hall–Kier alpha value is -3.97. The molecular formula is C31H36N2O5. The van der Waals surface area contributed by atoms with Gasteiger partial charge in [-0.15, -0.1) is 0 Å². The van der Waals surface area contributed by atoms with E-state index < -0.39 is 23.8 Å². The monoisotopic (exact) mass is 516 g/mol. The maximum Gasteiger partial charge on any atom is 0.410 e. The number of ether oxygens (including phenoxy) is 3. The number of nitrogens with zero attached hydrogens (tertiary/aromatic N) is 2. The van der Waals surface area contributed by atoms with Gasteiger partial charge in [0.2, 0.25) is 0 Å². The van der Waals surface area contributed by atoms with Crippen molar-refractivity contribution < 1.29 is 24.1 Å². The zero-order valence-electron chi connectivity index (χ0n) is 22.6. The Kier molecular flexibility index (Phi) is 8.27. The van der Waals surface area contributed by atoms with Gasteiger partial charge < -0.3 is 28.8 Å². The second kappa shape index (κ2) is 11.6. The molecular weight excluding hydrogens is 480 g/mol. The van der Waals surface area contributed by atoms with Gasteiger partial charge in [0.1, 0.15) is 23.7 Å². The molecule has 4 aromatic rings. The first kappa shape index (κ1) is 27.1. The zero-order valence-corrected chi connectivity index (χ0v) is 22.6. The van der Waals surface area contributed by atoms with Crippen LogP contribution in [0.3, 0.4) is 0 Å². The SMILES string of the molecule is COc1cccc(COc2ccc3c(ccn3[C@@H](c3ccccc3)[C@H](O)CN(C)C(=O)OC(C)(C)C)c2)c1. The van der Waals surface area contributed by atoms with Crippen LogP contribution in [0.4, 0.5) is 4.79 Å². The van der Waals surface area contributed by atoms with Crippen LogP contribution >= 0.6 is 0 Å². The van der Waals surface area contributed by atoms with E-state index in [1.54, 1.807) is 14.2 Å². The Morgan fingerprint density at radius 1 is 0.974 bits per heavy atom. The molecule has 7 nitrogen and oxygen atoms in total. The molecule has 1 N–H and O–H groups in total. The molecule has 0 fully saturated rings. The summed E-state index contributed by atoms with van der Waals surface area (Å²) in [6.45, 7) is 6.00. The molecule has 7 heteroatoms. The van der Waals surface area contributed by atoms with Gasteiger partial charge in [-0.3, -0.25) is 0 Å². The molecule has 1 heterocycles. The van der Waals surface area contributed by atoms with Crippen LogP contribution in [0, 0.1) is 0 Å². The molecule has 0 aliphatic rings. The quantitative estimate of drug-likeness (QED) is 0.293. The van der Waals surface area contributed by atoms with Gasteiger partial charge in [-0.05, 0) is 68.3 Å². The molecule has 0 aliphatic heterocycles. The van der Waals surface area contributed by atoms with Crippen molar-refractivity contribution in [2.75, 3.05) is 20.7 Å². The molecule has 0 aliphatic carbocycles. The maximum absolute atomic E-state index is 12.6. The molecule has 0 unspecified atom stereocenters. The smallest absolute Gasteiger partial charge is 0.410 e. The van der Waals surface area contributed by atoms with Gasteiger partial charge in [0, 0.05) is 24.1 Å². The number of hydrogen-bond acceptors (Lipinski definition) is 5. The maximum atomic E-state index is 12.6. The standard InChI is InChI=1S/C31H36N2O5/c1-31(2,3)38-30(35)32(4)20-28(34)29(23-11-7-6-8-12-23)33-17-16-24-19-26(14-15-27(24)33)37-21-22-10-9-13-25(18-22)36-5/h6-19,28-29,34H,20-21H2,1-5H3/t28-,29+/m1/s1. The molecule has 1 aromatic heterocycles. The third-order valence-corrected chi connectivity index (χ3v) is 6.20. The minimum absolute atomic E-state index is 0.107. The summed E-state index contributed by atoms with van der Waals surface area (Å²) < 4.78 is 18.9. The highest BCUT2D eigenvalue weighted by atomic mass is 16.6. The van der Waals surface area contributed by atoms with Crippen molar-refractivity contribution in [2.24, 2.45) is 0 Å². The van der Waals surface area contributed by atoms with Crippen molar-refractivity contribution in [3.8, 4) is 11.5 Å². The highest BCUT2D eigenvalue weighted by Gasteiger charge is 2.28. The topological polar surface area (TPSA) is 73.2 Å². The highest BCUT2D eigenvalue weighted by Crippen LogP contribution is 2.31. The Balaban J connectivity index is 1.57. The lowest BCUT2D eigenvalue weighted by atomic mass is 10.0. The van der Waals surface area contributed by atoms with Gasteiger partial charge in [0.15, 0.2) is 0 Å². The van der Waals surface area contributed by atoms with Crippen LogP contribution in [-0.2, 0) is 11.3 Å². The fourth-order valence-corrected chi connectivity index (χ4v) is 4.42. The number of likely N-dealkylation sites (N-methyl/N-ethyl adjacent to an activating group) is 1. The lowest BCUT2D eigenvalue weighted by molar-refractivity contribution is 0.0168. The van der Waals surface area contributed by atoms with E-state index in [0.717, 1.165) is 33.5 Å². The number of aromatic nitrogens is 1. The van der Waals surface area contributed by atoms with E-state index in [4.69, 9.17) is 14.2 Å². The summed E-state index contributed by atoms with van der Waals surface area (Å²) in [4.78, 5) is 14.0. The summed E-state index contributed by atoms with van der Waals surface area (Å²) >= 11 is 0. The molecule has 0 spiro atoms. The third kappa shape index (κ3) is 6.66. The van der Waals surface area contributed by atoms with Crippen LogP contribution in [0.5, 0.6) is 11.5 Å². The van der Waals surface area contributed by atoms with E-state index in [2.05, 4.69) is 0 Å². The lowest BCUT2D eigenvalue weighted by Crippen LogP contribution is -2.41. The van der Waals surface area contributed by atoms with E-state index >= 15 is 0 Å². The van der Waals surface area contributed by atoms with Gasteiger partial charge >= 0.3 is 6.09 Å². The van der Waals surface area contributed by atoms with E-state index in [1.807, 2.05) is 110 Å². The Morgan fingerprint density at radius 3 is 2.45 bits per heavy atom. The van der Waals surface area contributed by atoms with Crippen molar-refractivity contribution in [2.45, 2.75) is 45.1 Å². The molecule has 38 heavy (non-hydrogen) atoms. The second-order valence-corrected chi connectivity index (χ2v) is 10.4. The normalized spacial score (nSPS) is 13.1. The first-order valence-corrected chi connectivity index (χ1v) is 12.7. The summed E-state index contributed by atoms with van der Waals surface area (Å²) in [6, 6.07) is 25.1. The molecule has 0 radical (unpaired) electrons. The summed E-state index contributed by atoms with van der Waals surface area (Å²) in [5, 5.41) is 12.4. The minimum atomic E-state index is -0.880. The van der Waals surface area contributed by atoms with Crippen LogP contribution in [0.1, 0.15) is 37.9 Å². The van der Waals surface area contributed by atoms with Crippen molar-refractivity contribution in [3.63, 3.8) is 0 Å². The number of carbonyl (C=O) groups is 1. The molecule has 3 aromatic carbocycles. The Morgan fingerprint density at radius 2 is 1.74 bits per heavy atom. The first-order chi connectivity index (χ1) is 18.1. The molecule has 200 valence electrons. The van der Waals surface area contributed by atoms with Crippen molar-refractivity contribution in [1.82, 2.24) is 9.47 Å². The van der Waals surface area contributed by atoms with Crippen molar-refractivity contribution in [1.29, 1.82) is 0 Å². The summed E-state index contributed by atoms with van der Waals surface area (Å²) in [5.74, 6) is 1.54. The van der Waals surface area contributed by atoms with Gasteiger partial charge in [-0.25, -0.2) is 4.79 Å². The van der Waals surface area contributed by atoms with Crippen LogP contribution in [0.15, 0.2) is 85.1 Å². The van der Waals surface area contributed by atoms with Gasteiger partial charge in [-0.2, -0.15) is 0 Å². The highest BCUT2D eigenvalue weighted by molar-refractivity contribution is 5.82. The summed E-state index contributed by atoms with van der Waals surface area (Å²) in [7, 11) is 3.28. The number of carbonyl (C=O) groups excluding carboxylic acids is 1. The number of aliphatic hydroxyl groups is 1. The number of fused-ring (bicyclic) bond motifs is 1. The molecule has 0 saturated carbocycles. The fraction of sp³-hybridized carbons (Fsp3) is 0.323. The van der Waals surface area contributed by atoms with Crippen LogP contribution in [0.25, 0.3) is 10.9 Å².